The number of hydrogen-bond donors (Lipinski definition) is 2. The van der Waals surface area contributed by atoms with E-state index in [1.54, 1.807) is 6.20 Å². The SMILES string of the molecule is CC(C)Nc1nncc(NCc2ccccc2)n1. The van der Waals surface area contributed by atoms with E-state index < -0.39 is 0 Å². The maximum Gasteiger partial charge on any atom is 0.244 e. The Hall–Kier alpha value is -2.17. The first kappa shape index (κ1) is 12.3. The summed E-state index contributed by atoms with van der Waals surface area (Å²) in [4.78, 5) is 4.33. The minimum Gasteiger partial charge on any atom is -0.365 e. The molecule has 2 aromatic rings. The Labute approximate surface area is 107 Å². The van der Waals surface area contributed by atoms with Crippen molar-refractivity contribution in [1.82, 2.24) is 15.2 Å². The Morgan fingerprint density at radius 3 is 2.67 bits per heavy atom. The molecule has 0 fully saturated rings. The third-order valence-corrected chi connectivity index (χ3v) is 2.29. The van der Waals surface area contributed by atoms with E-state index in [4.69, 9.17) is 0 Å². The van der Waals surface area contributed by atoms with Crippen molar-refractivity contribution in [2.45, 2.75) is 26.4 Å². The Morgan fingerprint density at radius 2 is 1.94 bits per heavy atom. The highest BCUT2D eigenvalue weighted by Gasteiger charge is 2.01. The van der Waals surface area contributed by atoms with Gasteiger partial charge in [0.05, 0.1) is 6.20 Å². The van der Waals surface area contributed by atoms with E-state index in [9.17, 15) is 0 Å². The van der Waals surface area contributed by atoms with Gasteiger partial charge in [-0.1, -0.05) is 30.3 Å². The first-order chi connectivity index (χ1) is 8.74. The number of rotatable bonds is 5. The number of nitrogens with zero attached hydrogens (tertiary/aromatic N) is 3. The molecule has 18 heavy (non-hydrogen) atoms. The molecule has 1 heterocycles. The molecule has 1 aromatic carbocycles. The van der Waals surface area contributed by atoms with Gasteiger partial charge in [-0.25, -0.2) is 0 Å². The van der Waals surface area contributed by atoms with Gasteiger partial charge < -0.3 is 10.6 Å². The highest BCUT2D eigenvalue weighted by Crippen LogP contribution is 2.07. The van der Waals surface area contributed by atoms with Gasteiger partial charge in [0.2, 0.25) is 5.95 Å². The third kappa shape index (κ3) is 3.69. The lowest BCUT2D eigenvalue weighted by Gasteiger charge is -2.09. The minimum absolute atomic E-state index is 0.288. The fraction of sp³-hybridized carbons (Fsp3) is 0.308. The van der Waals surface area contributed by atoms with Crippen LogP contribution in [0.2, 0.25) is 0 Å². The summed E-state index contributed by atoms with van der Waals surface area (Å²) in [6.07, 6.45) is 1.62. The monoisotopic (exact) mass is 243 g/mol. The molecule has 0 aliphatic heterocycles. The second-order valence-corrected chi connectivity index (χ2v) is 4.30. The van der Waals surface area contributed by atoms with Crippen molar-refractivity contribution >= 4 is 11.8 Å². The van der Waals surface area contributed by atoms with Crippen molar-refractivity contribution in [3.63, 3.8) is 0 Å². The summed E-state index contributed by atoms with van der Waals surface area (Å²) in [5, 5.41) is 14.2. The predicted molar refractivity (Wildman–Crippen MR) is 72.4 cm³/mol. The van der Waals surface area contributed by atoms with E-state index in [-0.39, 0.29) is 6.04 Å². The molecule has 5 nitrogen and oxygen atoms in total. The zero-order chi connectivity index (χ0) is 12.8. The molecule has 0 bridgehead atoms. The Bertz CT molecular complexity index is 484. The van der Waals surface area contributed by atoms with Gasteiger partial charge in [0.15, 0.2) is 5.82 Å². The van der Waals surface area contributed by atoms with Crippen LogP contribution in [0.15, 0.2) is 36.5 Å². The number of hydrogen-bond acceptors (Lipinski definition) is 5. The standard InChI is InChI=1S/C13H17N5/c1-10(2)16-13-17-12(9-15-18-13)14-8-11-6-4-3-5-7-11/h3-7,9-10H,8H2,1-2H3,(H2,14,16,17,18). The molecule has 5 heteroatoms. The fourth-order valence-electron chi connectivity index (χ4n) is 1.50. The molecular formula is C13H17N5. The summed E-state index contributed by atoms with van der Waals surface area (Å²) >= 11 is 0. The summed E-state index contributed by atoms with van der Waals surface area (Å²) in [5.41, 5.74) is 1.20. The van der Waals surface area contributed by atoms with Crippen LogP contribution >= 0.6 is 0 Å². The van der Waals surface area contributed by atoms with Crippen LogP contribution < -0.4 is 10.6 Å². The first-order valence-electron chi connectivity index (χ1n) is 5.98. The van der Waals surface area contributed by atoms with Crippen LogP contribution in [-0.2, 0) is 6.54 Å². The zero-order valence-electron chi connectivity index (χ0n) is 10.6. The van der Waals surface area contributed by atoms with Gasteiger partial charge in [0, 0.05) is 12.6 Å². The maximum absolute atomic E-state index is 4.33. The summed E-state index contributed by atoms with van der Waals surface area (Å²) in [7, 11) is 0. The molecule has 94 valence electrons. The van der Waals surface area contributed by atoms with E-state index in [2.05, 4.69) is 37.9 Å². The van der Waals surface area contributed by atoms with Crippen LogP contribution in [0.3, 0.4) is 0 Å². The van der Waals surface area contributed by atoms with Gasteiger partial charge in [0.1, 0.15) is 0 Å². The van der Waals surface area contributed by atoms with Crippen molar-refractivity contribution in [3.05, 3.63) is 42.1 Å². The van der Waals surface area contributed by atoms with Crippen LogP contribution in [0, 0.1) is 0 Å². The molecule has 0 saturated carbocycles. The molecule has 1 aromatic heterocycles. The third-order valence-electron chi connectivity index (χ3n) is 2.29. The van der Waals surface area contributed by atoms with Crippen LogP contribution in [0.5, 0.6) is 0 Å². The summed E-state index contributed by atoms with van der Waals surface area (Å²) in [6, 6.07) is 10.4. The molecular weight excluding hydrogens is 226 g/mol. The lowest BCUT2D eigenvalue weighted by atomic mass is 10.2. The second-order valence-electron chi connectivity index (χ2n) is 4.30. The average Bonchev–Trinajstić information content (AvgIpc) is 2.37. The smallest absolute Gasteiger partial charge is 0.244 e. The molecule has 0 aliphatic carbocycles. The average molecular weight is 243 g/mol. The summed E-state index contributed by atoms with van der Waals surface area (Å²) < 4.78 is 0. The predicted octanol–water partition coefficient (Wildman–Crippen LogP) is 2.30. The maximum atomic E-state index is 4.33. The van der Waals surface area contributed by atoms with Gasteiger partial charge in [-0.2, -0.15) is 10.1 Å². The Kier molecular flexibility index (Phi) is 4.06. The Balaban J connectivity index is 1.97. The van der Waals surface area contributed by atoms with Gasteiger partial charge in [-0.3, -0.25) is 0 Å². The molecule has 0 aliphatic rings. The van der Waals surface area contributed by atoms with E-state index in [0.29, 0.717) is 5.95 Å². The summed E-state index contributed by atoms with van der Waals surface area (Å²) in [5.74, 6) is 1.26. The Morgan fingerprint density at radius 1 is 1.17 bits per heavy atom. The largest absolute Gasteiger partial charge is 0.365 e. The van der Waals surface area contributed by atoms with Crippen LogP contribution in [0.4, 0.5) is 11.8 Å². The van der Waals surface area contributed by atoms with Gasteiger partial charge in [-0.05, 0) is 19.4 Å². The molecule has 2 N–H and O–H groups in total. The van der Waals surface area contributed by atoms with E-state index in [0.717, 1.165) is 12.4 Å². The second kappa shape index (κ2) is 5.95. The van der Waals surface area contributed by atoms with Crippen LogP contribution in [-0.4, -0.2) is 21.2 Å². The fourth-order valence-corrected chi connectivity index (χ4v) is 1.50. The normalized spacial score (nSPS) is 10.4. The quantitative estimate of drug-likeness (QED) is 0.843. The highest BCUT2D eigenvalue weighted by atomic mass is 15.3. The molecule has 0 unspecified atom stereocenters. The lowest BCUT2D eigenvalue weighted by Crippen LogP contribution is -2.14. The topological polar surface area (TPSA) is 62.7 Å². The van der Waals surface area contributed by atoms with Crippen molar-refractivity contribution < 1.29 is 0 Å². The van der Waals surface area contributed by atoms with Gasteiger partial charge >= 0.3 is 0 Å². The van der Waals surface area contributed by atoms with Crippen molar-refractivity contribution in [2.24, 2.45) is 0 Å². The molecule has 0 radical (unpaired) electrons. The molecule has 0 saturated heterocycles. The number of nitrogens with one attached hydrogen (secondary N) is 2. The van der Waals surface area contributed by atoms with E-state index in [1.165, 1.54) is 5.56 Å². The van der Waals surface area contributed by atoms with Crippen molar-refractivity contribution in [2.75, 3.05) is 10.6 Å². The van der Waals surface area contributed by atoms with Gasteiger partial charge in [-0.15, -0.1) is 5.10 Å². The van der Waals surface area contributed by atoms with Gasteiger partial charge in [0.25, 0.3) is 0 Å². The first-order valence-corrected chi connectivity index (χ1v) is 5.98. The summed E-state index contributed by atoms with van der Waals surface area (Å²) in [6.45, 7) is 4.79. The van der Waals surface area contributed by atoms with Crippen LogP contribution in [0.25, 0.3) is 0 Å². The molecule has 0 amide bonds. The van der Waals surface area contributed by atoms with E-state index in [1.807, 2.05) is 32.0 Å². The van der Waals surface area contributed by atoms with Crippen molar-refractivity contribution in [1.29, 1.82) is 0 Å². The number of anilines is 2. The molecule has 2 rings (SSSR count). The van der Waals surface area contributed by atoms with E-state index >= 15 is 0 Å². The lowest BCUT2D eigenvalue weighted by molar-refractivity contribution is 0.850. The van der Waals surface area contributed by atoms with Crippen molar-refractivity contribution in [3.8, 4) is 0 Å². The number of benzene rings is 1. The van der Waals surface area contributed by atoms with Crippen LogP contribution in [0.1, 0.15) is 19.4 Å². The highest BCUT2D eigenvalue weighted by molar-refractivity contribution is 5.38. The molecule has 0 spiro atoms. The molecule has 0 atom stereocenters. The zero-order valence-corrected chi connectivity index (χ0v) is 10.6. The minimum atomic E-state index is 0.288. The number of aromatic nitrogens is 3.